The second kappa shape index (κ2) is 6.59. The minimum atomic E-state index is -4.38. The van der Waals surface area contributed by atoms with E-state index in [9.17, 15) is 18.0 Å². The maximum atomic E-state index is 12.3. The summed E-state index contributed by atoms with van der Waals surface area (Å²) >= 11 is 0. The minimum absolute atomic E-state index is 0.0841. The molecule has 0 unspecified atom stereocenters. The lowest BCUT2D eigenvalue weighted by atomic mass is 10.1. The molecule has 8 nitrogen and oxygen atoms in total. The molecular formula is C15H12O8S. The van der Waals surface area contributed by atoms with Crippen molar-refractivity contribution in [1.29, 1.82) is 0 Å². The number of carbonyl (C=O) groups is 2. The molecular weight excluding hydrogens is 340 g/mol. The summed E-state index contributed by atoms with van der Waals surface area (Å²) in [5.74, 6) is -2.97. The van der Waals surface area contributed by atoms with Crippen LogP contribution in [0.25, 0.3) is 0 Å². The summed E-state index contributed by atoms with van der Waals surface area (Å²) in [5, 5.41) is 18.0. The van der Waals surface area contributed by atoms with E-state index in [1.165, 1.54) is 25.3 Å². The van der Waals surface area contributed by atoms with Gasteiger partial charge in [0.05, 0.1) is 18.2 Å². The number of carboxylic acids is 2. The van der Waals surface area contributed by atoms with Crippen LogP contribution in [-0.2, 0) is 10.1 Å². The summed E-state index contributed by atoms with van der Waals surface area (Å²) in [6.45, 7) is 0. The van der Waals surface area contributed by atoms with Gasteiger partial charge in [0.15, 0.2) is 11.5 Å². The van der Waals surface area contributed by atoms with Crippen LogP contribution in [0.3, 0.4) is 0 Å². The molecule has 0 aliphatic carbocycles. The molecule has 2 aromatic carbocycles. The van der Waals surface area contributed by atoms with E-state index >= 15 is 0 Å². The van der Waals surface area contributed by atoms with E-state index in [0.29, 0.717) is 0 Å². The number of rotatable bonds is 6. The van der Waals surface area contributed by atoms with Gasteiger partial charge in [0.25, 0.3) is 0 Å². The van der Waals surface area contributed by atoms with Gasteiger partial charge in [0.1, 0.15) is 4.90 Å². The van der Waals surface area contributed by atoms with Gasteiger partial charge < -0.3 is 19.1 Å². The number of para-hydroxylation sites is 2. The molecule has 2 N–H and O–H groups in total. The molecule has 9 heteroatoms. The van der Waals surface area contributed by atoms with Crippen LogP contribution in [0.1, 0.15) is 20.7 Å². The first-order valence-corrected chi connectivity index (χ1v) is 7.85. The van der Waals surface area contributed by atoms with Crippen molar-refractivity contribution in [1.82, 2.24) is 0 Å². The fourth-order valence-corrected chi connectivity index (χ4v) is 2.86. The van der Waals surface area contributed by atoms with Gasteiger partial charge in [-0.1, -0.05) is 12.1 Å². The number of hydrogen-bond donors (Lipinski definition) is 2. The van der Waals surface area contributed by atoms with E-state index in [1.807, 2.05) is 0 Å². The Morgan fingerprint density at radius 3 is 2.04 bits per heavy atom. The Balaban J connectivity index is 2.48. The quantitative estimate of drug-likeness (QED) is 0.754. The van der Waals surface area contributed by atoms with Crippen molar-refractivity contribution in [3.63, 3.8) is 0 Å². The average molecular weight is 352 g/mol. The van der Waals surface area contributed by atoms with Gasteiger partial charge in [-0.15, -0.1) is 0 Å². The zero-order chi connectivity index (χ0) is 17.9. The first-order chi connectivity index (χ1) is 11.3. The van der Waals surface area contributed by atoms with Crippen LogP contribution in [0.4, 0.5) is 0 Å². The number of carboxylic acid groups (broad SMARTS) is 2. The Labute approximate surface area is 137 Å². The Kier molecular flexibility index (Phi) is 4.74. The largest absolute Gasteiger partial charge is 0.493 e. The van der Waals surface area contributed by atoms with Crippen LogP contribution >= 0.6 is 0 Å². The van der Waals surface area contributed by atoms with Crippen molar-refractivity contribution < 1.29 is 37.1 Å². The van der Waals surface area contributed by atoms with Crippen LogP contribution in [-0.4, -0.2) is 37.7 Å². The van der Waals surface area contributed by atoms with Crippen molar-refractivity contribution in [2.45, 2.75) is 4.90 Å². The molecule has 126 valence electrons. The molecule has 0 aromatic heterocycles. The van der Waals surface area contributed by atoms with Crippen LogP contribution in [0.15, 0.2) is 47.4 Å². The first-order valence-electron chi connectivity index (χ1n) is 6.44. The normalized spacial score (nSPS) is 10.9. The lowest BCUT2D eigenvalue weighted by molar-refractivity contribution is 0.0651. The highest BCUT2D eigenvalue weighted by atomic mass is 32.2. The zero-order valence-corrected chi connectivity index (χ0v) is 13.1. The van der Waals surface area contributed by atoms with Crippen molar-refractivity contribution >= 4 is 22.1 Å². The molecule has 0 radical (unpaired) electrons. The predicted octanol–water partition coefficient (Wildman–Crippen LogP) is 1.86. The smallest absolute Gasteiger partial charge is 0.339 e. The molecule has 0 fully saturated rings. The number of ether oxygens (including phenoxy) is 1. The first kappa shape index (κ1) is 17.3. The van der Waals surface area contributed by atoms with Crippen LogP contribution in [0.5, 0.6) is 11.5 Å². The highest BCUT2D eigenvalue weighted by molar-refractivity contribution is 7.87. The SMILES string of the molecule is COc1ccccc1OS(=O)(=O)c1ccc(C(=O)O)c(C(=O)O)c1. The fraction of sp³-hybridized carbons (Fsp3) is 0.0667. The van der Waals surface area contributed by atoms with Crippen molar-refractivity contribution in [3.8, 4) is 11.5 Å². The van der Waals surface area contributed by atoms with Crippen molar-refractivity contribution in [2.75, 3.05) is 7.11 Å². The molecule has 0 heterocycles. The summed E-state index contributed by atoms with van der Waals surface area (Å²) in [4.78, 5) is 21.7. The monoisotopic (exact) mass is 352 g/mol. The van der Waals surface area contributed by atoms with Gasteiger partial charge in [-0.3, -0.25) is 0 Å². The van der Waals surface area contributed by atoms with Crippen LogP contribution in [0.2, 0.25) is 0 Å². The Morgan fingerprint density at radius 1 is 0.917 bits per heavy atom. The zero-order valence-electron chi connectivity index (χ0n) is 12.3. The third-order valence-electron chi connectivity index (χ3n) is 3.01. The summed E-state index contributed by atoms with van der Waals surface area (Å²) in [5.41, 5.74) is -1.19. The number of aromatic carboxylic acids is 2. The van der Waals surface area contributed by atoms with Gasteiger partial charge in [-0.25, -0.2) is 9.59 Å². The van der Waals surface area contributed by atoms with E-state index < -0.39 is 38.1 Å². The number of benzene rings is 2. The molecule has 0 bridgehead atoms. The second-order valence-corrected chi connectivity index (χ2v) is 6.05. The second-order valence-electron chi connectivity index (χ2n) is 4.51. The van der Waals surface area contributed by atoms with Crippen LogP contribution in [0, 0.1) is 0 Å². The molecule has 0 aliphatic rings. The summed E-state index contributed by atoms with van der Waals surface area (Å²) in [7, 11) is -3.05. The Morgan fingerprint density at radius 2 is 1.50 bits per heavy atom. The molecule has 0 saturated heterocycles. The van der Waals surface area contributed by atoms with Crippen molar-refractivity contribution in [2.24, 2.45) is 0 Å². The molecule has 0 spiro atoms. The molecule has 0 aliphatic heterocycles. The maximum absolute atomic E-state index is 12.3. The average Bonchev–Trinajstić information content (AvgIpc) is 2.54. The molecule has 0 atom stereocenters. The fourth-order valence-electron chi connectivity index (χ4n) is 1.90. The maximum Gasteiger partial charge on any atom is 0.339 e. The summed E-state index contributed by atoms with van der Waals surface area (Å²) in [6.07, 6.45) is 0. The lowest BCUT2D eigenvalue weighted by Gasteiger charge is -2.11. The molecule has 0 saturated carbocycles. The van der Waals surface area contributed by atoms with E-state index in [2.05, 4.69) is 0 Å². The van der Waals surface area contributed by atoms with Gasteiger partial charge in [0.2, 0.25) is 0 Å². The highest BCUT2D eigenvalue weighted by Gasteiger charge is 2.24. The van der Waals surface area contributed by atoms with Gasteiger partial charge in [-0.05, 0) is 30.3 Å². The third-order valence-corrected chi connectivity index (χ3v) is 4.24. The third kappa shape index (κ3) is 3.46. The Hall–Kier alpha value is -3.07. The van der Waals surface area contributed by atoms with E-state index in [1.54, 1.807) is 6.07 Å². The minimum Gasteiger partial charge on any atom is -0.493 e. The standard InChI is InChI=1S/C15H12O8S/c1-22-12-4-2-3-5-13(12)23-24(20,21)9-6-7-10(14(16)17)11(8-9)15(18)19/h2-8H,1H3,(H,16,17)(H,18,19). The molecule has 2 rings (SSSR count). The highest BCUT2D eigenvalue weighted by Crippen LogP contribution is 2.29. The van der Waals surface area contributed by atoms with Gasteiger partial charge >= 0.3 is 22.1 Å². The van der Waals surface area contributed by atoms with E-state index in [0.717, 1.165) is 18.2 Å². The topological polar surface area (TPSA) is 127 Å². The summed E-state index contributed by atoms with van der Waals surface area (Å²) < 4.78 is 34.5. The molecule has 24 heavy (non-hydrogen) atoms. The number of methoxy groups -OCH3 is 1. The molecule has 2 aromatic rings. The predicted molar refractivity (Wildman–Crippen MR) is 81.2 cm³/mol. The lowest BCUT2D eigenvalue weighted by Crippen LogP contribution is -2.14. The van der Waals surface area contributed by atoms with Gasteiger partial charge in [-0.2, -0.15) is 8.42 Å². The number of hydrogen-bond acceptors (Lipinski definition) is 6. The van der Waals surface area contributed by atoms with Gasteiger partial charge in [0, 0.05) is 0 Å². The van der Waals surface area contributed by atoms with E-state index in [-0.39, 0.29) is 11.5 Å². The Bertz CT molecular complexity index is 901. The summed E-state index contributed by atoms with van der Waals surface area (Å²) in [6, 6.07) is 8.58. The van der Waals surface area contributed by atoms with Crippen LogP contribution < -0.4 is 8.92 Å². The van der Waals surface area contributed by atoms with Crippen molar-refractivity contribution in [3.05, 3.63) is 53.6 Å². The molecule has 0 amide bonds. The van der Waals surface area contributed by atoms with E-state index in [4.69, 9.17) is 19.1 Å².